The summed E-state index contributed by atoms with van der Waals surface area (Å²) >= 11 is 2.78. The molecule has 0 spiro atoms. The predicted octanol–water partition coefficient (Wildman–Crippen LogP) is 6.07. The molecule has 0 saturated carbocycles. The molecule has 15 rings (SSSR count). The lowest BCUT2D eigenvalue weighted by atomic mass is 9.71. The maximum atomic E-state index is 13.6. The van der Waals surface area contributed by atoms with Crippen LogP contribution in [0.4, 0.5) is 4.79 Å². The van der Waals surface area contributed by atoms with Crippen LogP contribution in [-0.4, -0.2) is 181 Å². The number of aromatic hydroxyl groups is 2. The molecule has 94 heavy (non-hydrogen) atoms. The number of nitriles is 2. The molecule has 2 unspecified atom stereocenters. The van der Waals surface area contributed by atoms with E-state index in [9.17, 15) is 44.7 Å². The highest BCUT2D eigenvalue weighted by atomic mass is 32.2. The lowest BCUT2D eigenvalue weighted by Gasteiger charge is -2.61. The first-order valence-corrected chi connectivity index (χ1v) is 32.9. The van der Waals surface area contributed by atoms with E-state index >= 15 is 0 Å². The third kappa shape index (κ3) is 9.95. The number of rotatable bonds is 7. The zero-order valence-electron chi connectivity index (χ0n) is 53.4. The van der Waals surface area contributed by atoms with E-state index < -0.39 is 101 Å². The topological polar surface area (TPSA) is 326 Å². The number of esters is 4. The smallest absolute Gasteiger partial charge is 0.408 e. The Morgan fingerprint density at radius 2 is 1.11 bits per heavy atom. The summed E-state index contributed by atoms with van der Waals surface area (Å²) in [5.41, 5.74) is 15.0. The van der Waals surface area contributed by atoms with Crippen LogP contribution in [-0.2, 0) is 46.2 Å². The molecule has 8 bridgehead atoms. The van der Waals surface area contributed by atoms with Crippen LogP contribution in [0.2, 0.25) is 0 Å². The van der Waals surface area contributed by atoms with E-state index in [0.29, 0.717) is 92.2 Å². The summed E-state index contributed by atoms with van der Waals surface area (Å²) in [4.78, 5) is 73.0. The van der Waals surface area contributed by atoms with Crippen molar-refractivity contribution in [1.29, 1.82) is 10.5 Å². The number of phenols is 2. The first kappa shape index (κ1) is 64.4. The number of nitrogens with one attached hydrogen (secondary N) is 1. The number of nitrogens with two attached hydrogens (primary N) is 1. The first-order chi connectivity index (χ1) is 45.1. The summed E-state index contributed by atoms with van der Waals surface area (Å²) in [6, 6.07) is 2.02. The molecule has 5 N–H and O–H groups in total. The number of hydrogen-bond donors (Lipinski definition) is 4. The SMILES string of the molecule is C=CCOC(=O)N[C@@H]1CS[C@@H]2c3c(OC(C)=O)c(C)c4c(c3[C@H](COC1=O)N1C2[C@H]2c3c(cc(C)c(OC)c3O)C[C@@H]([C@@H]1C#N)N2C)OCO4.COc1c(C)cc2c(c1O)[C@@H]1C3[C@@H]4SC[C@H](N)C(=O)OC[C@@H](c5c6c(c(C)c(OC(C)=O)c54)OCO6)N3[C@@H](C#N)[C@H](C2)N1C. The molecular formula is C66H72N8O18S2. The zero-order valence-corrected chi connectivity index (χ0v) is 55.0. The Morgan fingerprint density at radius 1 is 0.670 bits per heavy atom. The van der Waals surface area contributed by atoms with E-state index in [-0.39, 0.29) is 68.5 Å². The van der Waals surface area contributed by atoms with Crippen molar-refractivity contribution in [2.75, 3.05) is 73.2 Å². The lowest BCUT2D eigenvalue weighted by Crippen LogP contribution is -2.69. The maximum absolute atomic E-state index is 13.6. The number of carbonyl (C=O) groups excluding carboxylic acids is 5. The number of benzene rings is 4. The van der Waals surface area contributed by atoms with E-state index in [2.05, 4.69) is 43.6 Å². The Kier molecular flexibility index (Phi) is 17.0. The lowest BCUT2D eigenvalue weighted by molar-refractivity contribution is -0.151. The molecule has 11 aliphatic rings. The van der Waals surface area contributed by atoms with Crippen LogP contribution in [0.3, 0.4) is 0 Å². The highest BCUT2D eigenvalue weighted by Crippen LogP contribution is 2.67. The van der Waals surface area contributed by atoms with Gasteiger partial charge in [-0.25, -0.2) is 9.59 Å². The minimum atomic E-state index is -1.10. The van der Waals surface area contributed by atoms with Crippen LogP contribution in [0.5, 0.6) is 57.5 Å². The van der Waals surface area contributed by atoms with Gasteiger partial charge in [-0.15, -0.1) is 23.5 Å². The molecule has 11 heterocycles. The summed E-state index contributed by atoms with van der Waals surface area (Å²) in [5, 5.41) is 46.9. The fourth-order valence-corrected chi connectivity index (χ4v) is 19.3. The van der Waals surface area contributed by atoms with Crippen molar-refractivity contribution in [2.45, 2.75) is 137 Å². The molecule has 4 saturated heterocycles. The van der Waals surface area contributed by atoms with Crippen molar-refractivity contribution in [3.05, 3.63) is 91.5 Å². The quantitative estimate of drug-likeness (QED) is 0.0706. The maximum Gasteiger partial charge on any atom is 0.408 e. The zero-order chi connectivity index (χ0) is 66.8. The average molecular weight is 1330 g/mol. The number of hydrogen-bond acceptors (Lipinski definition) is 27. The van der Waals surface area contributed by atoms with Gasteiger partial charge in [0.25, 0.3) is 0 Å². The number of aryl methyl sites for hydroxylation is 2. The minimum Gasteiger partial charge on any atom is -0.504 e. The number of phenolic OH excluding ortho intramolecular Hbond substituents is 2. The number of thioether (sulfide) groups is 2. The molecule has 0 radical (unpaired) electrons. The van der Waals surface area contributed by atoms with Crippen molar-refractivity contribution >= 4 is 53.5 Å². The number of fused-ring (bicyclic) bond motifs is 19. The standard InChI is InChI=1S/C35H38N4O10S.C31H34N4O8S/c1-7-8-45-35(43)37-19-13-50-33-25-24(32-31(47-14-48-32)16(3)30(25)49-17(4)40)22(12-46-34(19)42)39-21(11-36)20-10-18-9-15(2)29(44-6)28(41)23(18)26(27(33)39)38(20)5;1-12-6-15-7-17-18(8-32)35-19-9-40-31(38)16(33)10-44-30(24(35)23(34(17)4)20(15)25(37)26(12)39-5)22-21(19)29-28(41-11-42-29)13(2)27(22)43-14(3)36/h7,9,19-22,26-27,33,41H,1,8,10,12-14H2,2-6H3,(H,37,43);6,16-19,23-24,30,37H,7,9-11,33H2,1-5H3/t19-,20+,21+,22+,26-,27?,33-;16-,17-,18-,19-,23+,24?,30+/m10/s1. The number of amides is 1. The van der Waals surface area contributed by atoms with Crippen LogP contribution in [0.1, 0.15) is 115 Å². The van der Waals surface area contributed by atoms with E-state index in [4.69, 9.17) is 57.8 Å². The van der Waals surface area contributed by atoms with Gasteiger partial charge >= 0.3 is 30.0 Å². The van der Waals surface area contributed by atoms with Gasteiger partial charge in [0.1, 0.15) is 55.5 Å². The Morgan fingerprint density at radius 3 is 1.53 bits per heavy atom. The number of methoxy groups -OCH3 is 2. The van der Waals surface area contributed by atoms with E-state index in [0.717, 1.165) is 33.4 Å². The van der Waals surface area contributed by atoms with Gasteiger partial charge in [0.15, 0.2) is 46.0 Å². The van der Waals surface area contributed by atoms with Gasteiger partial charge in [-0.3, -0.25) is 34.0 Å². The normalized spacial score (nSPS) is 29.0. The molecular weight excluding hydrogens is 1260 g/mol. The Balaban J connectivity index is 0.000000172. The molecule has 0 aliphatic carbocycles. The number of carbonyl (C=O) groups is 5. The average Bonchev–Trinajstić information content (AvgIpc) is 0.883. The highest BCUT2D eigenvalue weighted by Gasteiger charge is 2.63. The Hall–Kier alpha value is -8.35. The minimum absolute atomic E-state index is 0.0179. The second-order valence-electron chi connectivity index (χ2n) is 25.0. The van der Waals surface area contributed by atoms with Gasteiger partial charge in [-0.2, -0.15) is 10.5 Å². The molecule has 4 aromatic rings. The first-order valence-electron chi connectivity index (χ1n) is 30.8. The Bertz CT molecular complexity index is 3990. The van der Waals surface area contributed by atoms with Crippen LogP contribution in [0, 0.1) is 50.4 Å². The summed E-state index contributed by atoms with van der Waals surface area (Å²) < 4.78 is 64.2. The molecule has 11 aliphatic heterocycles. The number of piperazine rings is 2. The summed E-state index contributed by atoms with van der Waals surface area (Å²) in [6.07, 6.45) is 1.60. The van der Waals surface area contributed by atoms with Gasteiger partial charge in [-0.1, -0.05) is 24.8 Å². The number of ether oxygens (including phenoxy) is 11. The van der Waals surface area contributed by atoms with Crippen molar-refractivity contribution in [3.8, 4) is 69.6 Å². The van der Waals surface area contributed by atoms with Crippen molar-refractivity contribution < 1.29 is 86.3 Å². The van der Waals surface area contributed by atoms with Crippen LogP contribution >= 0.6 is 23.5 Å². The number of likely N-dealkylation sites (N-methyl/N-ethyl adjacent to an activating group) is 2. The number of alkyl carbamates (subject to hydrolysis) is 1. The fourth-order valence-electron chi connectivity index (χ4n) is 16.4. The molecule has 4 fully saturated rings. The van der Waals surface area contributed by atoms with E-state index in [1.165, 1.54) is 57.7 Å². The van der Waals surface area contributed by atoms with E-state index in [1.807, 2.05) is 47.0 Å². The van der Waals surface area contributed by atoms with Gasteiger partial charge in [-0.05, 0) is 76.9 Å². The molecule has 14 atom stereocenters. The molecule has 26 nitrogen and oxygen atoms in total. The van der Waals surface area contributed by atoms with E-state index in [1.54, 1.807) is 6.92 Å². The third-order valence-electron chi connectivity index (χ3n) is 20.0. The molecule has 1 amide bonds. The van der Waals surface area contributed by atoms with Gasteiger partial charge in [0.05, 0.1) is 61.0 Å². The van der Waals surface area contributed by atoms with Crippen LogP contribution < -0.4 is 48.9 Å². The van der Waals surface area contributed by atoms with Crippen molar-refractivity contribution in [2.24, 2.45) is 5.73 Å². The van der Waals surface area contributed by atoms with Gasteiger partial charge in [0, 0.05) is 94.0 Å². The van der Waals surface area contributed by atoms with Crippen molar-refractivity contribution in [3.63, 3.8) is 0 Å². The third-order valence-corrected chi connectivity index (χ3v) is 22.8. The Labute approximate surface area is 550 Å². The predicted molar refractivity (Wildman–Crippen MR) is 336 cm³/mol. The highest BCUT2D eigenvalue weighted by molar-refractivity contribution is 7.99. The summed E-state index contributed by atoms with van der Waals surface area (Å²) in [6.45, 7) is 13.1. The number of nitrogens with zero attached hydrogens (tertiary/aromatic N) is 6. The fraction of sp³-hybridized carbons (Fsp3) is 0.500. The summed E-state index contributed by atoms with van der Waals surface area (Å²) in [5.74, 6) is 1.27. The van der Waals surface area contributed by atoms with Crippen LogP contribution in [0.25, 0.3) is 0 Å². The monoisotopic (exact) mass is 1330 g/mol. The van der Waals surface area contributed by atoms with Crippen LogP contribution in [0.15, 0.2) is 24.8 Å². The summed E-state index contributed by atoms with van der Waals surface area (Å²) in [7, 11) is 6.97. The number of cyclic esters (lactones) is 1. The molecule has 4 aromatic carbocycles. The molecule has 496 valence electrons. The van der Waals surface area contributed by atoms with Gasteiger partial charge < -0.3 is 73.4 Å². The largest absolute Gasteiger partial charge is 0.504 e. The van der Waals surface area contributed by atoms with Gasteiger partial charge in [0.2, 0.25) is 13.6 Å². The molecule has 28 heteroatoms. The second-order valence-corrected chi connectivity index (χ2v) is 27.3. The molecule has 0 aromatic heterocycles. The van der Waals surface area contributed by atoms with Crippen molar-refractivity contribution in [1.82, 2.24) is 24.9 Å². The second kappa shape index (κ2) is 24.8.